The average Bonchev–Trinajstić information content (AvgIpc) is 2.81. The molecule has 1 aliphatic rings. The molecule has 0 N–H and O–H groups in total. The second-order valence-electron chi connectivity index (χ2n) is 5.93. The molecule has 23 heavy (non-hydrogen) atoms. The van der Waals surface area contributed by atoms with E-state index in [4.69, 9.17) is 0 Å². The standard InChI is InChI=1S/C20H25NO2/c1-2-3-4-5-6-7-8-9-10-13-16-21-19(22)17-14-11-12-15-18(17)20(21)23/h11-12,14-15H,2-4,7-10,13,16H2,1H3. The molecule has 0 radical (unpaired) electrons. The van der Waals surface area contributed by atoms with Crippen LogP contribution in [0.5, 0.6) is 0 Å². The molecule has 1 heterocycles. The van der Waals surface area contributed by atoms with E-state index in [-0.39, 0.29) is 11.8 Å². The molecule has 0 bridgehead atoms. The van der Waals surface area contributed by atoms with E-state index in [1.807, 2.05) is 0 Å². The molecule has 2 amide bonds. The molecule has 0 unspecified atom stereocenters. The number of carbonyl (C=O) groups excluding carboxylic acids is 2. The minimum absolute atomic E-state index is 0.146. The molecular weight excluding hydrogens is 286 g/mol. The highest BCUT2D eigenvalue weighted by Gasteiger charge is 2.34. The minimum atomic E-state index is -0.146. The van der Waals surface area contributed by atoms with Crippen molar-refractivity contribution in [2.75, 3.05) is 6.54 Å². The Labute approximate surface area is 139 Å². The van der Waals surface area contributed by atoms with Gasteiger partial charge in [-0.3, -0.25) is 14.5 Å². The predicted octanol–water partition coefficient (Wildman–Crippen LogP) is 4.43. The summed E-state index contributed by atoms with van der Waals surface area (Å²) in [6.07, 6.45) is 8.46. The number of hydrogen-bond acceptors (Lipinski definition) is 2. The summed E-state index contributed by atoms with van der Waals surface area (Å²) < 4.78 is 0. The van der Waals surface area contributed by atoms with Crippen LogP contribution in [0.2, 0.25) is 0 Å². The van der Waals surface area contributed by atoms with Gasteiger partial charge >= 0.3 is 0 Å². The Bertz CT molecular complexity index is 575. The molecule has 0 fully saturated rings. The fourth-order valence-electron chi connectivity index (χ4n) is 2.72. The molecule has 3 heteroatoms. The van der Waals surface area contributed by atoms with Crippen molar-refractivity contribution >= 4 is 11.8 Å². The molecule has 1 aromatic rings. The Morgan fingerprint density at radius 2 is 1.39 bits per heavy atom. The molecule has 3 nitrogen and oxygen atoms in total. The average molecular weight is 311 g/mol. The van der Waals surface area contributed by atoms with Crippen LogP contribution in [0.4, 0.5) is 0 Å². The van der Waals surface area contributed by atoms with Crippen molar-refractivity contribution in [1.29, 1.82) is 0 Å². The van der Waals surface area contributed by atoms with Gasteiger partial charge < -0.3 is 0 Å². The van der Waals surface area contributed by atoms with E-state index in [1.54, 1.807) is 24.3 Å². The van der Waals surface area contributed by atoms with Crippen LogP contribution < -0.4 is 0 Å². The van der Waals surface area contributed by atoms with Crippen molar-refractivity contribution < 1.29 is 9.59 Å². The first kappa shape index (κ1) is 17.3. The van der Waals surface area contributed by atoms with Crippen LogP contribution >= 0.6 is 0 Å². The van der Waals surface area contributed by atoms with Crippen molar-refractivity contribution in [1.82, 2.24) is 4.90 Å². The minimum Gasteiger partial charge on any atom is -0.274 e. The molecule has 0 saturated heterocycles. The summed E-state index contributed by atoms with van der Waals surface area (Å²) in [6, 6.07) is 7.06. The lowest BCUT2D eigenvalue weighted by Crippen LogP contribution is -2.30. The van der Waals surface area contributed by atoms with Gasteiger partial charge in [-0.15, -0.1) is 11.8 Å². The maximum Gasteiger partial charge on any atom is 0.261 e. The van der Waals surface area contributed by atoms with Crippen molar-refractivity contribution in [2.24, 2.45) is 0 Å². The van der Waals surface area contributed by atoms with Gasteiger partial charge in [0.15, 0.2) is 0 Å². The molecular formula is C20H25NO2. The van der Waals surface area contributed by atoms with Gasteiger partial charge in [0.1, 0.15) is 0 Å². The highest BCUT2D eigenvalue weighted by Crippen LogP contribution is 2.22. The van der Waals surface area contributed by atoms with Gasteiger partial charge in [0.2, 0.25) is 0 Å². The van der Waals surface area contributed by atoms with Crippen LogP contribution in [0, 0.1) is 11.8 Å². The summed E-state index contributed by atoms with van der Waals surface area (Å²) in [5.74, 6) is 6.11. The lowest BCUT2D eigenvalue weighted by Gasteiger charge is -2.13. The van der Waals surface area contributed by atoms with E-state index in [0.29, 0.717) is 17.7 Å². The van der Waals surface area contributed by atoms with Crippen LogP contribution in [0.25, 0.3) is 0 Å². The Morgan fingerprint density at radius 1 is 0.826 bits per heavy atom. The van der Waals surface area contributed by atoms with Gasteiger partial charge in [0.25, 0.3) is 11.8 Å². The Hall–Kier alpha value is -2.08. The van der Waals surface area contributed by atoms with Crippen LogP contribution in [0.15, 0.2) is 24.3 Å². The maximum absolute atomic E-state index is 12.2. The molecule has 0 aliphatic carbocycles. The molecule has 0 aromatic heterocycles. The largest absolute Gasteiger partial charge is 0.274 e. The molecule has 1 aliphatic heterocycles. The van der Waals surface area contributed by atoms with E-state index < -0.39 is 0 Å². The van der Waals surface area contributed by atoms with E-state index in [0.717, 1.165) is 38.5 Å². The summed E-state index contributed by atoms with van der Waals surface area (Å²) >= 11 is 0. The van der Waals surface area contributed by atoms with Crippen LogP contribution in [0.1, 0.15) is 79.0 Å². The predicted molar refractivity (Wildman–Crippen MR) is 92.2 cm³/mol. The lowest BCUT2D eigenvalue weighted by molar-refractivity contribution is 0.0651. The quantitative estimate of drug-likeness (QED) is 0.405. The van der Waals surface area contributed by atoms with E-state index in [1.165, 1.54) is 17.7 Å². The van der Waals surface area contributed by atoms with Gasteiger partial charge in [0, 0.05) is 19.4 Å². The molecule has 0 saturated carbocycles. The first-order valence-electron chi connectivity index (χ1n) is 8.66. The Balaban J connectivity index is 1.63. The topological polar surface area (TPSA) is 37.4 Å². The summed E-state index contributed by atoms with van der Waals surface area (Å²) in [4.78, 5) is 25.8. The number of amides is 2. The lowest BCUT2D eigenvalue weighted by atomic mass is 10.1. The smallest absolute Gasteiger partial charge is 0.261 e. The number of benzene rings is 1. The third kappa shape index (κ3) is 4.69. The highest BCUT2D eigenvalue weighted by molar-refractivity contribution is 6.21. The molecule has 1 aromatic carbocycles. The zero-order valence-corrected chi connectivity index (χ0v) is 13.9. The van der Waals surface area contributed by atoms with Crippen molar-refractivity contribution in [3.8, 4) is 11.8 Å². The van der Waals surface area contributed by atoms with Crippen LogP contribution in [0.3, 0.4) is 0 Å². The number of unbranched alkanes of at least 4 members (excludes halogenated alkanes) is 6. The summed E-state index contributed by atoms with van der Waals surface area (Å²) in [7, 11) is 0. The third-order valence-corrected chi connectivity index (χ3v) is 4.09. The number of hydrogen-bond donors (Lipinski definition) is 0. The van der Waals surface area contributed by atoms with Crippen molar-refractivity contribution in [2.45, 2.75) is 58.3 Å². The van der Waals surface area contributed by atoms with E-state index >= 15 is 0 Å². The second kappa shape index (κ2) is 9.15. The molecule has 2 rings (SSSR count). The normalized spacial score (nSPS) is 13.0. The summed E-state index contributed by atoms with van der Waals surface area (Å²) in [6.45, 7) is 2.70. The second-order valence-corrected chi connectivity index (χ2v) is 5.93. The number of carbonyl (C=O) groups is 2. The number of imide groups is 1. The monoisotopic (exact) mass is 311 g/mol. The molecule has 0 atom stereocenters. The molecule has 122 valence electrons. The van der Waals surface area contributed by atoms with Crippen molar-refractivity contribution in [3.63, 3.8) is 0 Å². The van der Waals surface area contributed by atoms with Gasteiger partial charge in [-0.05, 0) is 31.4 Å². The third-order valence-electron chi connectivity index (χ3n) is 4.09. The van der Waals surface area contributed by atoms with Crippen LogP contribution in [-0.2, 0) is 0 Å². The van der Waals surface area contributed by atoms with E-state index in [2.05, 4.69) is 18.8 Å². The van der Waals surface area contributed by atoms with Gasteiger partial charge in [0.05, 0.1) is 11.1 Å². The van der Waals surface area contributed by atoms with Crippen LogP contribution in [-0.4, -0.2) is 23.3 Å². The number of fused-ring (bicyclic) bond motifs is 1. The fourth-order valence-corrected chi connectivity index (χ4v) is 2.72. The van der Waals surface area contributed by atoms with Crippen molar-refractivity contribution in [3.05, 3.63) is 35.4 Å². The Kier molecular flexibility index (Phi) is 6.87. The Morgan fingerprint density at radius 3 is 2.00 bits per heavy atom. The first-order valence-corrected chi connectivity index (χ1v) is 8.66. The number of rotatable bonds is 8. The fraction of sp³-hybridized carbons (Fsp3) is 0.500. The van der Waals surface area contributed by atoms with E-state index in [9.17, 15) is 9.59 Å². The summed E-state index contributed by atoms with van der Waals surface area (Å²) in [5, 5.41) is 0. The first-order chi connectivity index (χ1) is 11.3. The highest BCUT2D eigenvalue weighted by atomic mass is 16.2. The number of nitrogens with zero attached hydrogens (tertiary/aromatic N) is 1. The van der Waals surface area contributed by atoms with Gasteiger partial charge in [-0.25, -0.2) is 0 Å². The zero-order chi connectivity index (χ0) is 16.5. The van der Waals surface area contributed by atoms with Gasteiger partial charge in [-0.2, -0.15) is 0 Å². The SMILES string of the molecule is CCCCC#CCCCCCCN1C(=O)c2ccccc2C1=O. The maximum atomic E-state index is 12.2. The molecule has 0 spiro atoms. The van der Waals surface area contributed by atoms with Gasteiger partial charge in [-0.1, -0.05) is 38.3 Å². The zero-order valence-electron chi connectivity index (χ0n) is 13.9. The summed E-state index contributed by atoms with van der Waals surface area (Å²) in [5.41, 5.74) is 1.08.